The summed E-state index contributed by atoms with van der Waals surface area (Å²) in [7, 11) is -9.91. The van der Waals surface area contributed by atoms with E-state index in [9.17, 15) is 43.2 Å². The molecule has 96 heavy (non-hydrogen) atoms. The van der Waals surface area contributed by atoms with Crippen LogP contribution in [0.4, 0.5) is 0 Å². The zero-order chi connectivity index (χ0) is 70.7. The summed E-state index contributed by atoms with van der Waals surface area (Å²) >= 11 is 0. The van der Waals surface area contributed by atoms with E-state index in [-0.39, 0.29) is 25.7 Å². The number of phosphoric acid groups is 2. The molecule has 0 bridgehead atoms. The maximum Gasteiger partial charge on any atom is 0.472 e. The highest BCUT2D eigenvalue weighted by Crippen LogP contribution is 2.45. The lowest BCUT2D eigenvalue weighted by molar-refractivity contribution is -0.161. The number of hydrogen-bond donors (Lipinski definition) is 3. The molecule has 0 aromatic rings. The number of aliphatic hydroxyl groups is 1. The average Bonchev–Trinajstić information content (AvgIpc) is 1.22. The molecule has 19 heteroatoms. The molecular weight excluding hydrogens is 1260 g/mol. The average molecular weight is 1410 g/mol. The van der Waals surface area contributed by atoms with Gasteiger partial charge >= 0.3 is 39.5 Å². The van der Waals surface area contributed by atoms with E-state index in [1.165, 1.54) is 205 Å². The minimum absolute atomic E-state index is 0.104. The van der Waals surface area contributed by atoms with Crippen molar-refractivity contribution >= 4 is 39.5 Å². The Balaban J connectivity index is 5.16. The summed E-state index contributed by atoms with van der Waals surface area (Å²) < 4.78 is 68.4. The van der Waals surface area contributed by atoms with E-state index in [1.54, 1.807) is 0 Å². The molecule has 3 N–H and O–H groups in total. The van der Waals surface area contributed by atoms with Crippen molar-refractivity contribution in [2.24, 2.45) is 11.8 Å². The Labute approximate surface area is 588 Å². The van der Waals surface area contributed by atoms with Gasteiger partial charge in [-0.25, -0.2) is 9.13 Å². The van der Waals surface area contributed by atoms with Gasteiger partial charge in [0.15, 0.2) is 12.2 Å². The van der Waals surface area contributed by atoms with Crippen LogP contribution in [0.5, 0.6) is 0 Å². The van der Waals surface area contributed by atoms with Crippen molar-refractivity contribution in [3.63, 3.8) is 0 Å². The molecule has 0 spiro atoms. The van der Waals surface area contributed by atoms with Gasteiger partial charge in [0, 0.05) is 25.7 Å². The van der Waals surface area contributed by atoms with Crippen LogP contribution in [-0.4, -0.2) is 96.7 Å². The molecule has 0 fully saturated rings. The highest BCUT2D eigenvalue weighted by atomic mass is 31.2. The van der Waals surface area contributed by atoms with E-state index in [0.717, 1.165) is 115 Å². The first-order valence-corrected chi connectivity index (χ1v) is 43.0. The molecule has 0 saturated heterocycles. The maximum absolute atomic E-state index is 13.1. The number of phosphoric ester groups is 2. The third-order valence-electron chi connectivity index (χ3n) is 18.0. The fourth-order valence-electron chi connectivity index (χ4n) is 11.8. The minimum Gasteiger partial charge on any atom is -0.462 e. The predicted molar refractivity (Wildman–Crippen MR) is 391 cm³/mol. The Morgan fingerprint density at radius 3 is 0.708 bits per heavy atom. The highest BCUT2D eigenvalue weighted by Gasteiger charge is 2.30. The topological polar surface area (TPSA) is 237 Å². The molecule has 570 valence electrons. The monoisotopic (exact) mass is 1410 g/mol. The smallest absolute Gasteiger partial charge is 0.462 e. The lowest BCUT2D eigenvalue weighted by Crippen LogP contribution is -2.30. The zero-order valence-corrected chi connectivity index (χ0v) is 64.5. The number of esters is 4. The summed E-state index contributed by atoms with van der Waals surface area (Å²) in [6.45, 7) is 9.55. The van der Waals surface area contributed by atoms with Crippen molar-refractivity contribution in [2.45, 2.75) is 419 Å². The van der Waals surface area contributed by atoms with Gasteiger partial charge < -0.3 is 33.8 Å². The van der Waals surface area contributed by atoms with Gasteiger partial charge in [-0.2, -0.15) is 0 Å². The number of rotatable bonds is 76. The van der Waals surface area contributed by atoms with Crippen LogP contribution < -0.4 is 0 Å². The summed E-state index contributed by atoms with van der Waals surface area (Å²) in [6, 6.07) is 0. The lowest BCUT2D eigenvalue weighted by Gasteiger charge is -2.21. The molecule has 2 unspecified atom stereocenters. The molecule has 5 atom stereocenters. The van der Waals surface area contributed by atoms with Crippen LogP contribution in [0.25, 0.3) is 0 Å². The molecule has 0 radical (unpaired) electrons. The Hall–Kier alpha value is -1.94. The van der Waals surface area contributed by atoms with Crippen molar-refractivity contribution in [3.8, 4) is 0 Å². The van der Waals surface area contributed by atoms with Gasteiger partial charge in [-0.05, 0) is 37.5 Å². The van der Waals surface area contributed by atoms with Crippen LogP contribution in [0.2, 0.25) is 0 Å². The molecule has 0 aliphatic heterocycles. The first-order chi connectivity index (χ1) is 46.4. The van der Waals surface area contributed by atoms with Gasteiger partial charge in [-0.1, -0.05) is 350 Å². The predicted octanol–water partition coefficient (Wildman–Crippen LogP) is 22.7. The van der Waals surface area contributed by atoms with Crippen LogP contribution in [0.15, 0.2) is 0 Å². The maximum atomic E-state index is 13.1. The van der Waals surface area contributed by atoms with Crippen molar-refractivity contribution in [1.82, 2.24) is 0 Å². The van der Waals surface area contributed by atoms with Gasteiger partial charge in [0.2, 0.25) is 0 Å². The van der Waals surface area contributed by atoms with Crippen molar-refractivity contribution < 1.29 is 80.2 Å². The quantitative estimate of drug-likeness (QED) is 0.0222. The Morgan fingerprint density at radius 2 is 0.479 bits per heavy atom. The van der Waals surface area contributed by atoms with Gasteiger partial charge in [0.25, 0.3) is 0 Å². The number of carbonyl (C=O) groups is 4. The summed E-state index contributed by atoms with van der Waals surface area (Å²) in [4.78, 5) is 72.7. The van der Waals surface area contributed by atoms with Crippen LogP contribution in [0.3, 0.4) is 0 Å². The molecule has 0 rings (SSSR count). The summed E-state index contributed by atoms with van der Waals surface area (Å²) in [5.41, 5.74) is 0. The third-order valence-corrected chi connectivity index (χ3v) is 19.9. The van der Waals surface area contributed by atoms with E-state index in [0.29, 0.717) is 25.7 Å². The second-order valence-corrected chi connectivity index (χ2v) is 31.6. The van der Waals surface area contributed by atoms with Gasteiger partial charge in [-0.15, -0.1) is 0 Å². The van der Waals surface area contributed by atoms with Crippen molar-refractivity contribution in [3.05, 3.63) is 0 Å². The first kappa shape index (κ1) is 94.1. The molecule has 0 saturated carbocycles. The number of hydrogen-bond acceptors (Lipinski definition) is 15. The number of aliphatic hydroxyl groups excluding tert-OH is 1. The molecule has 0 heterocycles. The number of unbranched alkanes of at least 4 members (excludes halogenated alkanes) is 46. The SMILES string of the molecule is CCCCCCCCCCCCCCCCCCCC(=O)OC[C@H](COP(=O)(O)OC[C@@H](O)COP(=O)(O)OC[C@@H](COC(=O)CCCCCCCCC)OC(=O)CCCCCCCCCCC(C)C)OC(=O)CCCCCCCCCCCCCCCCCCCCC(C)C. The highest BCUT2D eigenvalue weighted by molar-refractivity contribution is 7.47. The summed E-state index contributed by atoms with van der Waals surface area (Å²) in [6.07, 6.45) is 57.2. The van der Waals surface area contributed by atoms with Crippen LogP contribution in [0.1, 0.15) is 401 Å². The Bertz CT molecular complexity index is 1860. The van der Waals surface area contributed by atoms with E-state index in [1.807, 2.05) is 0 Å². The second kappa shape index (κ2) is 68.8. The Kier molecular flexibility index (Phi) is 67.4. The van der Waals surface area contributed by atoms with Crippen molar-refractivity contribution in [1.29, 1.82) is 0 Å². The standard InChI is InChI=1S/C77H150O17P2/c1-7-9-11-13-15-16-17-18-19-22-26-29-32-35-42-48-54-60-75(80)88-66-73(93-76(81)61-55-49-43-36-33-30-27-24-21-20-23-25-28-31-34-40-45-51-57-69(3)4)68-92-96(85,86)90-64-71(78)63-89-95(83,84)91-67-72(65-87-74(79)59-53-47-39-14-12-10-8-2)94-77(82)62-56-50-44-38-37-41-46-52-58-70(5)6/h69-73,78H,7-68H2,1-6H3,(H,83,84)(H,85,86)/t71-,72+,73+/m0/s1. The third kappa shape index (κ3) is 70.5. The summed E-state index contributed by atoms with van der Waals surface area (Å²) in [5.74, 6) is -0.582. The van der Waals surface area contributed by atoms with Gasteiger partial charge in [-0.3, -0.25) is 37.3 Å². The fraction of sp³-hybridized carbons (Fsp3) is 0.948. The van der Waals surface area contributed by atoms with Crippen molar-refractivity contribution in [2.75, 3.05) is 39.6 Å². The molecule has 0 amide bonds. The largest absolute Gasteiger partial charge is 0.472 e. The van der Waals surface area contributed by atoms with Crippen LogP contribution >= 0.6 is 15.6 Å². The van der Waals surface area contributed by atoms with E-state index in [2.05, 4.69) is 41.5 Å². The van der Waals surface area contributed by atoms with E-state index < -0.39 is 97.5 Å². The fourth-order valence-corrected chi connectivity index (χ4v) is 13.4. The van der Waals surface area contributed by atoms with Crippen LogP contribution in [0, 0.1) is 11.8 Å². The van der Waals surface area contributed by atoms with Crippen LogP contribution in [-0.2, 0) is 65.4 Å². The first-order valence-electron chi connectivity index (χ1n) is 40.0. The molecule has 0 aliphatic rings. The van der Waals surface area contributed by atoms with E-state index in [4.69, 9.17) is 37.0 Å². The molecular formula is C77H150O17P2. The van der Waals surface area contributed by atoms with E-state index >= 15 is 0 Å². The number of carbonyl (C=O) groups excluding carboxylic acids is 4. The Morgan fingerprint density at radius 1 is 0.281 bits per heavy atom. The zero-order valence-electron chi connectivity index (χ0n) is 62.7. The second-order valence-electron chi connectivity index (χ2n) is 28.7. The van der Waals surface area contributed by atoms with Gasteiger partial charge in [0.05, 0.1) is 26.4 Å². The number of ether oxygens (including phenoxy) is 4. The normalized spacial score (nSPS) is 14.0. The lowest BCUT2D eigenvalue weighted by atomic mass is 10.0. The molecule has 17 nitrogen and oxygen atoms in total. The molecule has 0 aromatic heterocycles. The molecule has 0 aromatic carbocycles. The molecule has 0 aliphatic carbocycles. The minimum atomic E-state index is -4.96. The van der Waals surface area contributed by atoms with Gasteiger partial charge in [0.1, 0.15) is 19.3 Å². The summed E-state index contributed by atoms with van der Waals surface area (Å²) in [5, 5.41) is 10.6.